The van der Waals surface area contributed by atoms with Gasteiger partial charge in [0.2, 0.25) is 0 Å². The second-order valence-electron chi connectivity index (χ2n) is 3.95. The van der Waals surface area contributed by atoms with Gasteiger partial charge in [0.05, 0.1) is 6.10 Å². The molecule has 0 bridgehead atoms. The minimum absolute atomic E-state index is 0.113. The molecule has 0 aromatic rings. The molecule has 1 saturated carbocycles. The second-order valence-corrected chi connectivity index (χ2v) is 3.95. The Labute approximate surface area is 83.6 Å². The number of carboxylic acids is 1. The van der Waals surface area contributed by atoms with Gasteiger partial charge in [-0.15, -0.1) is 0 Å². The summed E-state index contributed by atoms with van der Waals surface area (Å²) in [5.74, 6) is -0.342. The smallest absolute Gasteiger partial charge is 0.328 e. The molecule has 0 heterocycles. The number of carbonyl (C=O) groups is 1. The molecule has 1 aliphatic carbocycles. The minimum Gasteiger partial charge on any atom is -0.478 e. The topological polar surface area (TPSA) is 69.6 Å². The van der Waals surface area contributed by atoms with Gasteiger partial charge in [-0.1, -0.05) is 5.57 Å². The van der Waals surface area contributed by atoms with E-state index in [1.54, 1.807) is 6.92 Å². The highest BCUT2D eigenvalue weighted by atomic mass is 16.4. The van der Waals surface area contributed by atoms with Crippen LogP contribution in [0.1, 0.15) is 19.8 Å². The van der Waals surface area contributed by atoms with E-state index in [0.29, 0.717) is 12.5 Å². The molecule has 0 unspecified atom stereocenters. The number of aliphatic hydroxyl groups excluding tert-OH is 1. The van der Waals surface area contributed by atoms with Crippen molar-refractivity contribution in [2.24, 2.45) is 5.92 Å². The van der Waals surface area contributed by atoms with Gasteiger partial charge in [-0.25, -0.2) is 4.79 Å². The molecule has 0 aromatic carbocycles. The summed E-state index contributed by atoms with van der Waals surface area (Å²) in [6, 6.07) is 0. The molecule has 0 aromatic heterocycles. The van der Waals surface area contributed by atoms with Crippen molar-refractivity contribution in [1.82, 2.24) is 5.32 Å². The summed E-state index contributed by atoms with van der Waals surface area (Å²) in [6.45, 7) is 3.26. The van der Waals surface area contributed by atoms with Crippen molar-refractivity contribution in [2.45, 2.75) is 25.9 Å². The lowest BCUT2D eigenvalue weighted by atomic mass is 9.82. The molecule has 1 fully saturated rings. The number of aliphatic hydroxyl groups is 1. The maximum absolute atomic E-state index is 10.3. The van der Waals surface area contributed by atoms with Crippen LogP contribution < -0.4 is 5.32 Å². The van der Waals surface area contributed by atoms with Gasteiger partial charge in [-0.3, -0.25) is 0 Å². The van der Waals surface area contributed by atoms with Crippen LogP contribution >= 0.6 is 0 Å². The van der Waals surface area contributed by atoms with Crippen LogP contribution in [-0.4, -0.2) is 35.4 Å². The summed E-state index contributed by atoms with van der Waals surface area (Å²) in [5.41, 5.74) is 0.817. The molecule has 80 valence electrons. The molecule has 0 amide bonds. The van der Waals surface area contributed by atoms with Gasteiger partial charge in [-0.05, 0) is 32.2 Å². The lowest BCUT2D eigenvalue weighted by molar-refractivity contribution is -0.131. The summed E-state index contributed by atoms with van der Waals surface area (Å²) >= 11 is 0. The average molecular weight is 199 g/mol. The number of rotatable bonds is 5. The summed E-state index contributed by atoms with van der Waals surface area (Å²) in [4.78, 5) is 10.3. The monoisotopic (exact) mass is 199 g/mol. The van der Waals surface area contributed by atoms with Gasteiger partial charge >= 0.3 is 5.97 Å². The van der Waals surface area contributed by atoms with E-state index in [4.69, 9.17) is 10.2 Å². The molecule has 4 nitrogen and oxygen atoms in total. The Morgan fingerprint density at radius 2 is 2.21 bits per heavy atom. The number of aliphatic carboxylic acids is 1. The fraction of sp³-hybridized carbons (Fsp3) is 0.700. The largest absolute Gasteiger partial charge is 0.478 e. The lowest BCUT2D eigenvalue weighted by Gasteiger charge is -2.31. The van der Waals surface area contributed by atoms with E-state index in [1.807, 2.05) is 0 Å². The Balaban J connectivity index is 2.06. The molecule has 1 aliphatic rings. The Bertz CT molecular complexity index is 232. The SMILES string of the molecule is CC(=CC(=O)O)CNCC1CC(O)C1. The first kappa shape index (κ1) is 11.2. The third-order valence-corrected chi connectivity index (χ3v) is 2.42. The van der Waals surface area contributed by atoms with E-state index in [1.165, 1.54) is 6.08 Å². The number of hydrogen-bond donors (Lipinski definition) is 3. The molecule has 0 spiro atoms. The molecule has 1 rings (SSSR count). The van der Waals surface area contributed by atoms with Crippen LogP contribution in [0.4, 0.5) is 0 Å². The van der Waals surface area contributed by atoms with Gasteiger partial charge in [-0.2, -0.15) is 0 Å². The zero-order chi connectivity index (χ0) is 10.6. The first-order valence-corrected chi connectivity index (χ1v) is 4.87. The molecule has 14 heavy (non-hydrogen) atoms. The van der Waals surface area contributed by atoms with Crippen molar-refractivity contribution in [3.8, 4) is 0 Å². The van der Waals surface area contributed by atoms with E-state index in [2.05, 4.69) is 5.32 Å². The van der Waals surface area contributed by atoms with E-state index in [-0.39, 0.29) is 6.10 Å². The molecule has 0 atom stereocenters. The van der Waals surface area contributed by atoms with Crippen LogP contribution in [0.3, 0.4) is 0 Å². The molecular formula is C10H17NO3. The van der Waals surface area contributed by atoms with Crippen LogP contribution in [-0.2, 0) is 4.79 Å². The fourth-order valence-electron chi connectivity index (χ4n) is 1.60. The molecule has 0 saturated heterocycles. The zero-order valence-corrected chi connectivity index (χ0v) is 8.36. The predicted molar refractivity (Wildman–Crippen MR) is 53.0 cm³/mol. The van der Waals surface area contributed by atoms with Gasteiger partial charge in [0.1, 0.15) is 0 Å². The fourth-order valence-corrected chi connectivity index (χ4v) is 1.60. The maximum atomic E-state index is 10.3. The zero-order valence-electron chi connectivity index (χ0n) is 8.36. The summed E-state index contributed by atoms with van der Waals surface area (Å²) in [6.07, 6.45) is 2.84. The van der Waals surface area contributed by atoms with E-state index in [9.17, 15) is 4.79 Å². The van der Waals surface area contributed by atoms with Crippen molar-refractivity contribution in [3.05, 3.63) is 11.6 Å². The van der Waals surface area contributed by atoms with Crippen LogP contribution in [0.25, 0.3) is 0 Å². The van der Waals surface area contributed by atoms with Crippen molar-refractivity contribution in [3.63, 3.8) is 0 Å². The van der Waals surface area contributed by atoms with E-state index < -0.39 is 5.97 Å². The van der Waals surface area contributed by atoms with Crippen molar-refractivity contribution in [1.29, 1.82) is 0 Å². The van der Waals surface area contributed by atoms with Gasteiger partial charge in [0, 0.05) is 12.6 Å². The molecule has 0 radical (unpaired) electrons. The third kappa shape index (κ3) is 3.89. The minimum atomic E-state index is -0.900. The molecule has 0 aliphatic heterocycles. The Morgan fingerprint density at radius 1 is 1.57 bits per heavy atom. The molecule has 4 heteroatoms. The van der Waals surface area contributed by atoms with Crippen LogP contribution in [0, 0.1) is 5.92 Å². The number of carboxylic acid groups (broad SMARTS) is 1. The number of hydrogen-bond acceptors (Lipinski definition) is 3. The first-order valence-electron chi connectivity index (χ1n) is 4.87. The first-order chi connectivity index (χ1) is 6.58. The normalized spacial score (nSPS) is 27.1. The van der Waals surface area contributed by atoms with Gasteiger partial charge in [0.15, 0.2) is 0 Å². The van der Waals surface area contributed by atoms with Crippen LogP contribution in [0.5, 0.6) is 0 Å². The summed E-state index contributed by atoms with van der Waals surface area (Å²) < 4.78 is 0. The average Bonchev–Trinajstić information content (AvgIpc) is 1.99. The van der Waals surface area contributed by atoms with Crippen molar-refractivity contribution >= 4 is 5.97 Å². The Hall–Kier alpha value is -0.870. The summed E-state index contributed by atoms with van der Waals surface area (Å²) in [5, 5.41) is 20.6. The molecular weight excluding hydrogens is 182 g/mol. The van der Waals surface area contributed by atoms with Crippen molar-refractivity contribution < 1.29 is 15.0 Å². The predicted octanol–water partition coefficient (Wildman–Crippen LogP) is 0.378. The van der Waals surface area contributed by atoms with E-state index >= 15 is 0 Å². The Kier molecular flexibility index (Phi) is 4.10. The van der Waals surface area contributed by atoms with Crippen molar-refractivity contribution in [2.75, 3.05) is 13.1 Å². The highest BCUT2D eigenvalue weighted by Crippen LogP contribution is 2.25. The van der Waals surface area contributed by atoms with Crippen LogP contribution in [0.15, 0.2) is 11.6 Å². The Morgan fingerprint density at radius 3 is 2.71 bits per heavy atom. The van der Waals surface area contributed by atoms with Crippen LogP contribution in [0.2, 0.25) is 0 Å². The highest BCUT2D eigenvalue weighted by molar-refractivity contribution is 5.80. The standard InChI is InChI=1S/C10H17NO3/c1-7(2-10(13)14)5-11-6-8-3-9(12)4-8/h2,8-9,11-12H,3-6H2,1H3,(H,13,14). The lowest BCUT2D eigenvalue weighted by Crippen LogP contribution is -2.36. The third-order valence-electron chi connectivity index (χ3n) is 2.42. The maximum Gasteiger partial charge on any atom is 0.328 e. The van der Waals surface area contributed by atoms with E-state index in [0.717, 1.165) is 25.0 Å². The highest BCUT2D eigenvalue weighted by Gasteiger charge is 2.26. The molecule has 3 N–H and O–H groups in total. The summed E-state index contributed by atoms with van der Waals surface area (Å²) in [7, 11) is 0. The quantitative estimate of drug-likeness (QED) is 0.560. The van der Waals surface area contributed by atoms with Gasteiger partial charge < -0.3 is 15.5 Å². The number of nitrogens with one attached hydrogen (secondary N) is 1. The second kappa shape index (κ2) is 5.12. The van der Waals surface area contributed by atoms with Gasteiger partial charge in [0.25, 0.3) is 0 Å².